The van der Waals surface area contributed by atoms with E-state index in [4.69, 9.17) is 4.74 Å². The van der Waals surface area contributed by atoms with Crippen LogP contribution < -0.4 is 4.74 Å². The van der Waals surface area contributed by atoms with Crippen LogP contribution in [0.1, 0.15) is 64.8 Å². The molecule has 0 spiro atoms. The molecule has 0 atom stereocenters. The number of aryl methyl sites for hydroxylation is 1. The number of aldehydes is 2. The highest BCUT2D eigenvalue weighted by Gasteiger charge is 2.03. The van der Waals surface area contributed by atoms with E-state index in [9.17, 15) is 9.59 Å². The van der Waals surface area contributed by atoms with Crippen LogP contribution in [0.25, 0.3) is 0 Å². The number of ether oxygens (including phenoxy) is 1. The molecule has 3 nitrogen and oxygen atoms in total. The number of unbranched alkanes of at least 4 members (excludes halogenated alkanes) is 5. The fourth-order valence-corrected chi connectivity index (χ4v) is 2.83. The largest absolute Gasteiger partial charge is 0.494 e. The normalized spacial score (nSPS) is 10.4. The molecule has 0 N–H and O–H groups in total. The van der Waals surface area contributed by atoms with Gasteiger partial charge in [0.25, 0.3) is 0 Å². The lowest BCUT2D eigenvalue weighted by atomic mass is 10.1. The van der Waals surface area contributed by atoms with Gasteiger partial charge in [-0.15, -0.1) is 0 Å². The Balaban J connectivity index is 1.52. The average Bonchev–Trinajstić information content (AvgIpc) is 2.67. The lowest BCUT2D eigenvalue weighted by molar-refractivity contribution is 0.109. The fourth-order valence-electron chi connectivity index (χ4n) is 2.83. The van der Waals surface area contributed by atoms with E-state index in [1.807, 2.05) is 0 Å². The van der Waals surface area contributed by atoms with Crippen molar-refractivity contribution < 1.29 is 14.3 Å². The van der Waals surface area contributed by atoms with Gasteiger partial charge < -0.3 is 4.74 Å². The molecule has 0 fully saturated rings. The Morgan fingerprint density at radius 1 is 0.720 bits per heavy atom. The second-order valence-electron chi connectivity index (χ2n) is 6.23. The molecule has 0 aliphatic rings. The molecule has 0 aromatic heterocycles. The quantitative estimate of drug-likeness (QED) is 0.391. The maximum Gasteiger partial charge on any atom is 0.150 e. The topological polar surface area (TPSA) is 43.4 Å². The number of carbonyl (C=O) groups excluding carboxylic acids is 2. The summed E-state index contributed by atoms with van der Waals surface area (Å²) in [5.41, 5.74) is 2.20. The maximum absolute atomic E-state index is 10.9. The molecule has 0 heterocycles. The number of hydrogen-bond donors (Lipinski definition) is 0. The molecule has 25 heavy (non-hydrogen) atoms. The third-order valence-corrected chi connectivity index (χ3v) is 4.28. The highest BCUT2D eigenvalue weighted by atomic mass is 16.5. The number of benzene rings is 2. The van der Waals surface area contributed by atoms with Crippen molar-refractivity contribution in [3.8, 4) is 5.75 Å². The van der Waals surface area contributed by atoms with Crippen LogP contribution in [-0.2, 0) is 6.42 Å². The number of hydrogen-bond acceptors (Lipinski definition) is 3. The molecule has 0 amide bonds. The first kappa shape index (κ1) is 18.9. The minimum absolute atomic E-state index is 0.380. The number of carbonyl (C=O) groups is 2. The van der Waals surface area contributed by atoms with Crippen LogP contribution >= 0.6 is 0 Å². The van der Waals surface area contributed by atoms with Gasteiger partial charge in [-0.2, -0.15) is 0 Å². The Kier molecular flexibility index (Phi) is 8.46. The molecule has 0 aliphatic carbocycles. The van der Waals surface area contributed by atoms with Crippen molar-refractivity contribution in [2.75, 3.05) is 6.61 Å². The zero-order chi connectivity index (χ0) is 17.7. The molecular formula is C22H26O3. The molecule has 2 aromatic carbocycles. The van der Waals surface area contributed by atoms with Crippen molar-refractivity contribution in [2.24, 2.45) is 0 Å². The summed E-state index contributed by atoms with van der Waals surface area (Å²) in [4.78, 5) is 21.7. The minimum Gasteiger partial charge on any atom is -0.494 e. The van der Waals surface area contributed by atoms with Gasteiger partial charge in [0, 0.05) is 11.1 Å². The third-order valence-electron chi connectivity index (χ3n) is 4.28. The molecule has 2 rings (SSSR count). The second kappa shape index (κ2) is 11.2. The van der Waals surface area contributed by atoms with Crippen LogP contribution in [0.4, 0.5) is 0 Å². The van der Waals surface area contributed by atoms with Gasteiger partial charge in [0.05, 0.1) is 6.61 Å². The van der Waals surface area contributed by atoms with Crippen LogP contribution in [0.5, 0.6) is 5.75 Å². The van der Waals surface area contributed by atoms with Crippen LogP contribution in [-0.4, -0.2) is 19.2 Å². The van der Waals surface area contributed by atoms with E-state index in [0.717, 1.165) is 12.8 Å². The summed E-state index contributed by atoms with van der Waals surface area (Å²) in [6.07, 6.45) is 9.70. The molecule has 132 valence electrons. The molecule has 0 bridgehead atoms. The lowest BCUT2D eigenvalue weighted by Gasteiger charge is -2.07. The lowest BCUT2D eigenvalue weighted by Crippen LogP contribution is -1.99. The summed E-state index contributed by atoms with van der Waals surface area (Å²) in [6, 6.07) is 15.6. The van der Waals surface area contributed by atoms with E-state index < -0.39 is 0 Å². The van der Waals surface area contributed by atoms with Crippen molar-refractivity contribution in [1.82, 2.24) is 0 Å². The van der Waals surface area contributed by atoms with Crippen molar-refractivity contribution in [2.45, 2.75) is 44.9 Å². The first-order valence-electron chi connectivity index (χ1n) is 9.04. The summed E-state index contributed by atoms with van der Waals surface area (Å²) in [7, 11) is 0. The zero-order valence-electron chi connectivity index (χ0n) is 14.7. The van der Waals surface area contributed by atoms with Gasteiger partial charge in [0.2, 0.25) is 0 Å². The summed E-state index contributed by atoms with van der Waals surface area (Å²) in [5, 5.41) is 0. The second-order valence-corrected chi connectivity index (χ2v) is 6.23. The highest BCUT2D eigenvalue weighted by Crippen LogP contribution is 2.16. The van der Waals surface area contributed by atoms with Crippen LogP contribution in [0.15, 0.2) is 48.5 Å². The van der Waals surface area contributed by atoms with Crippen LogP contribution in [0, 0.1) is 0 Å². The molecular weight excluding hydrogens is 312 g/mol. The Morgan fingerprint density at radius 2 is 1.40 bits per heavy atom. The Labute approximate surface area is 150 Å². The Bertz CT molecular complexity index is 650. The summed E-state index contributed by atoms with van der Waals surface area (Å²) < 4.78 is 5.66. The van der Waals surface area contributed by atoms with Crippen molar-refractivity contribution in [1.29, 1.82) is 0 Å². The van der Waals surface area contributed by atoms with Crippen molar-refractivity contribution in [3.05, 3.63) is 65.2 Å². The first-order chi connectivity index (χ1) is 12.3. The SMILES string of the molecule is O=Cc1ccc(OCCCCCCCCc2ccccc2)cc1C=O. The molecule has 0 radical (unpaired) electrons. The summed E-state index contributed by atoms with van der Waals surface area (Å²) >= 11 is 0. The smallest absolute Gasteiger partial charge is 0.150 e. The van der Waals surface area contributed by atoms with Crippen LogP contribution in [0.2, 0.25) is 0 Å². The minimum atomic E-state index is 0.380. The van der Waals surface area contributed by atoms with Crippen molar-refractivity contribution >= 4 is 12.6 Å². The fraction of sp³-hybridized carbons (Fsp3) is 0.364. The monoisotopic (exact) mass is 338 g/mol. The van der Waals surface area contributed by atoms with Gasteiger partial charge in [-0.25, -0.2) is 0 Å². The van der Waals surface area contributed by atoms with Crippen LogP contribution in [0.3, 0.4) is 0 Å². The average molecular weight is 338 g/mol. The van der Waals surface area contributed by atoms with E-state index in [0.29, 0.717) is 36.1 Å². The molecule has 0 saturated heterocycles. The highest BCUT2D eigenvalue weighted by molar-refractivity contribution is 5.90. The van der Waals surface area contributed by atoms with E-state index in [1.54, 1.807) is 18.2 Å². The standard InChI is InChI=1S/C22H26O3/c23-17-20-13-14-22(16-21(20)18-24)25-15-9-4-2-1-3-6-10-19-11-7-5-8-12-19/h5,7-8,11-14,16-18H,1-4,6,9-10,15H2. The zero-order valence-corrected chi connectivity index (χ0v) is 14.7. The van der Waals surface area contributed by atoms with Gasteiger partial charge in [0.1, 0.15) is 5.75 Å². The molecule has 0 saturated carbocycles. The van der Waals surface area contributed by atoms with Gasteiger partial charge in [0.15, 0.2) is 12.6 Å². The number of rotatable bonds is 12. The molecule has 3 heteroatoms. The van der Waals surface area contributed by atoms with E-state index in [1.165, 1.54) is 37.7 Å². The molecule has 0 unspecified atom stereocenters. The van der Waals surface area contributed by atoms with Gasteiger partial charge in [-0.3, -0.25) is 9.59 Å². The predicted molar refractivity (Wildman–Crippen MR) is 101 cm³/mol. The van der Waals surface area contributed by atoms with Gasteiger partial charge in [-0.1, -0.05) is 56.0 Å². The summed E-state index contributed by atoms with van der Waals surface area (Å²) in [5.74, 6) is 0.649. The predicted octanol–water partition coefficient (Wildman–Crippen LogP) is 5.27. The maximum atomic E-state index is 10.9. The first-order valence-corrected chi connectivity index (χ1v) is 9.04. The summed E-state index contributed by atoms with van der Waals surface area (Å²) in [6.45, 7) is 0.642. The van der Waals surface area contributed by atoms with E-state index in [-0.39, 0.29) is 0 Å². The Morgan fingerprint density at radius 3 is 2.12 bits per heavy atom. The van der Waals surface area contributed by atoms with Crippen molar-refractivity contribution in [3.63, 3.8) is 0 Å². The molecule has 0 aliphatic heterocycles. The van der Waals surface area contributed by atoms with Gasteiger partial charge in [-0.05, 0) is 43.0 Å². The molecule has 2 aromatic rings. The van der Waals surface area contributed by atoms with E-state index >= 15 is 0 Å². The van der Waals surface area contributed by atoms with E-state index in [2.05, 4.69) is 30.3 Å². The van der Waals surface area contributed by atoms with Gasteiger partial charge >= 0.3 is 0 Å². The Hall–Kier alpha value is -2.42. The third kappa shape index (κ3) is 6.92.